The summed E-state index contributed by atoms with van der Waals surface area (Å²) < 4.78 is 39.9. The number of rotatable bonds is 12. The van der Waals surface area contributed by atoms with Crippen molar-refractivity contribution < 1.29 is 22.4 Å². The first-order valence-electron chi connectivity index (χ1n) is 11.4. The number of carbonyl (C=O) groups excluding carboxylic acids is 2. The summed E-state index contributed by atoms with van der Waals surface area (Å²) in [5.74, 6) is -0.665. The second kappa shape index (κ2) is 12.6. The predicted octanol–water partition coefficient (Wildman–Crippen LogP) is 3.42. The highest BCUT2D eigenvalue weighted by Gasteiger charge is 2.27. The van der Waals surface area contributed by atoms with Gasteiger partial charge in [0.05, 0.1) is 4.90 Å². The molecule has 2 amide bonds. The molecule has 0 heterocycles. The van der Waals surface area contributed by atoms with E-state index >= 15 is 0 Å². The van der Waals surface area contributed by atoms with E-state index < -0.39 is 16.1 Å². The minimum absolute atomic E-state index is 0.0671. The molecule has 1 N–H and O–H groups in total. The number of halogens is 1. The summed E-state index contributed by atoms with van der Waals surface area (Å²) in [5.41, 5.74) is 0.696. The van der Waals surface area contributed by atoms with Crippen molar-refractivity contribution in [2.45, 2.75) is 51.1 Å². The lowest BCUT2D eigenvalue weighted by Crippen LogP contribution is -2.48. The van der Waals surface area contributed by atoms with Crippen LogP contribution >= 0.6 is 0 Å². The average Bonchev–Trinajstić information content (AvgIpc) is 2.82. The van der Waals surface area contributed by atoms with Crippen LogP contribution in [-0.2, 0) is 26.2 Å². The SMILES string of the molecule is CC(C)CNC(=O)C(C)N(Cc1ccc(F)cc1)C(=O)CCCN(C)S(=O)(=O)c1ccccc1. The summed E-state index contributed by atoms with van der Waals surface area (Å²) >= 11 is 0. The Balaban J connectivity index is 2.06. The Morgan fingerprint density at radius 3 is 2.21 bits per heavy atom. The van der Waals surface area contributed by atoms with Crippen molar-refractivity contribution in [2.75, 3.05) is 20.1 Å². The van der Waals surface area contributed by atoms with E-state index in [0.29, 0.717) is 18.5 Å². The molecule has 0 fully saturated rings. The van der Waals surface area contributed by atoms with Crippen LogP contribution < -0.4 is 5.32 Å². The summed E-state index contributed by atoms with van der Waals surface area (Å²) in [4.78, 5) is 27.4. The lowest BCUT2D eigenvalue weighted by atomic mass is 10.1. The summed E-state index contributed by atoms with van der Waals surface area (Å²) in [6.45, 7) is 6.40. The molecule has 7 nitrogen and oxygen atoms in total. The molecule has 0 aromatic heterocycles. The van der Waals surface area contributed by atoms with Crippen LogP contribution in [0.5, 0.6) is 0 Å². The Morgan fingerprint density at radius 1 is 1.00 bits per heavy atom. The minimum Gasteiger partial charge on any atom is -0.354 e. The molecule has 34 heavy (non-hydrogen) atoms. The van der Waals surface area contributed by atoms with E-state index in [1.54, 1.807) is 37.3 Å². The Kier molecular flexibility index (Phi) is 10.2. The zero-order valence-electron chi connectivity index (χ0n) is 20.2. The van der Waals surface area contributed by atoms with E-state index in [1.165, 1.54) is 40.5 Å². The monoisotopic (exact) mass is 491 g/mol. The van der Waals surface area contributed by atoms with E-state index in [2.05, 4.69) is 5.32 Å². The molecule has 0 aliphatic heterocycles. The number of hydrogen-bond acceptors (Lipinski definition) is 4. The molecule has 1 unspecified atom stereocenters. The van der Waals surface area contributed by atoms with E-state index in [0.717, 1.165) is 0 Å². The molecule has 0 radical (unpaired) electrons. The number of benzene rings is 2. The maximum Gasteiger partial charge on any atom is 0.242 e. The summed E-state index contributed by atoms with van der Waals surface area (Å²) in [6, 6.07) is 13.1. The Morgan fingerprint density at radius 2 is 1.62 bits per heavy atom. The molecule has 0 saturated carbocycles. The van der Waals surface area contributed by atoms with Crippen LogP contribution in [0.1, 0.15) is 39.2 Å². The first-order chi connectivity index (χ1) is 16.0. The van der Waals surface area contributed by atoms with E-state index in [9.17, 15) is 22.4 Å². The third-order valence-corrected chi connectivity index (χ3v) is 7.30. The van der Waals surface area contributed by atoms with E-state index in [-0.39, 0.29) is 48.0 Å². The van der Waals surface area contributed by atoms with Crippen molar-refractivity contribution in [3.05, 3.63) is 66.0 Å². The van der Waals surface area contributed by atoms with Crippen LogP contribution in [0.15, 0.2) is 59.5 Å². The first kappa shape index (κ1) is 27.5. The normalized spacial score (nSPS) is 12.6. The van der Waals surface area contributed by atoms with Crippen molar-refractivity contribution in [1.29, 1.82) is 0 Å². The van der Waals surface area contributed by atoms with Gasteiger partial charge in [0, 0.05) is 33.1 Å². The quantitative estimate of drug-likeness (QED) is 0.493. The number of nitrogens with zero attached hydrogens (tertiary/aromatic N) is 2. The molecule has 0 aliphatic rings. The van der Waals surface area contributed by atoms with Crippen LogP contribution in [-0.4, -0.2) is 55.6 Å². The van der Waals surface area contributed by atoms with Gasteiger partial charge in [-0.2, -0.15) is 0 Å². The van der Waals surface area contributed by atoms with E-state index in [1.807, 2.05) is 13.8 Å². The van der Waals surface area contributed by atoms with Crippen molar-refractivity contribution in [3.63, 3.8) is 0 Å². The highest BCUT2D eigenvalue weighted by atomic mass is 32.2. The summed E-state index contributed by atoms with van der Waals surface area (Å²) in [5, 5.41) is 2.84. The van der Waals surface area contributed by atoms with Gasteiger partial charge in [-0.3, -0.25) is 9.59 Å². The molecule has 0 spiro atoms. The van der Waals surface area contributed by atoms with Gasteiger partial charge in [-0.1, -0.05) is 44.2 Å². The van der Waals surface area contributed by atoms with Crippen LogP contribution in [0.2, 0.25) is 0 Å². The van der Waals surface area contributed by atoms with Crippen LogP contribution in [0.4, 0.5) is 4.39 Å². The fourth-order valence-electron chi connectivity index (χ4n) is 3.31. The number of nitrogens with one attached hydrogen (secondary N) is 1. The minimum atomic E-state index is -3.65. The molecular weight excluding hydrogens is 457 g/mol. The van der Waals surface area contributed by atoms with Crippen molar-refractivity contribution >= 4 is 21.8 Å². The molecular formula is C25H34FN3O4S. The number of carbonyl (C=O) groups is 2. The Labute approximate surface area is 202 Å². The van der Waals surface area contributed by atoms with Gasteiger partial charge >= 0.3 is 0 Å². The average molecular weight is 492 g/mol. The molecule has 0 aliphatic carbocycles. The third kappa shape index (κ3) is 7.92. The second-order valence-electron chi connectivity index (χ2n) is 8.71. The molecule has 2 rings (SSSR count). The van der Waals surface area contributed by atoms with E-state index in [4.69, 9.17) is 0 Å². The van der Waals surface area contributed by atoms with Gasteiger partial charge in [-0.05, 0) is 49.1 Å². The van der Waals surface area contributed by atoms with Gasteiger partial charge in [0.1, 0.15) is 11.9 Å². The summed E-state index contributed by atoms with van der Waals surface area (Å²) in [6.07, 6.45) is 0.360. The second-order valence-corrected chi connectivity index (χ2v) is 10.8. The molecule has 0 bridgehead atoms. The Bertz CT molecular complexity index is 1040. The number of hydrogen-bond donors (Lipinski definition) is 1. The standard InChI is InChI=1S/C25H34FN3O4S/c1-19(2)17-27-25(31)20(3)29(18-21-12-14-22(26)15-13-21)24(30)11-8-16-28(4)34(32,33)23-9-6-5-7-10-23/h5-7,9-10,12-15,19-20H,8,11,16-18H2,1-4H3,(H,27,31). The fraction of sp³-hybridized carbons (Fsp3) is 0.440. The number of amides is 2. The lowest BCUT2D eigenvalue weighted by Gasteiger charge is -2.29. The van der Waals surface area contributed by atoms with Crippen molar-refractivity contribution in [2.24, 2.45) is 5.92 Å². The van der Waals surface area contributed by atoms with Crippen LogP contribution in [0.3, 0.4) is 0 Å². The molecule has 9 heteroatoms. The maximum atomic E-state index is 13.3. The zero-order chi connectivity index (χ0) is 25.3. The molecule has 2 aromatic rings. The number of sulfonamides is 1. The van der Waals surface area contributed by atoms with Crippen molar-refractivity contribution in [1.82, 2.24) is 14.5 Å². The van der Waals surface area contributed by atoms with Gasteiger partial charge in [-0.25, -0.2) is 17.1 Å². The van der Waals surface area contributed by atoms with Crippen LogP contribution in [0.25, 0.3) is 0 Å². The molecule has 1 atom stereocenters. The van der Waals surface area contributed by atoms with Gasteiger partial charge in [0.15, 0.2) is 0 Å². The van der Waals surface area contributed by atoms with Gasteiger partial charge < -0.3 is 10.2 Å². The topological polar surface area (TPSA) is 86.8 Å². The smallest absolute Gasteiger partial charge is 0.242 e. The molecule has 2 aromatic carbocycles. The fourth-order valence-corrected chi connectivity index (χ4v) is 4.54. The summed E-state index contributed by atoms with van der Waals surface area (Å²) in [7, 11) is -2.17. The van der Waals surface area contributed by atoms with Crippen molar-refractivity contribution in [3.8, 4) is 0 Å². The van der Waals surface area contributed by atoms with Gasteiger partial charge in [0.2, 0.25) is 21.8 Å². The van der Waals surface area contributed by atoms with Gasteiger partial charge in [-0.15, -0.1) is 0 Å². The predicted molar refractivity (Wildman–Crippen MR) is 130 cm³/mol. The highest BCUT2D eigenvalue weighted by molar-refractivity contribution is 7.89. The first-order valence-corrected chi connectivity index (χ1v) is 12.8. The third-order valence-electron chi connectivity index (χ3n) is 5.43. The van der Waals surface area contributed by atoms with Crippen LogP contribution in [0, 0.1) is 11.7 Å². The highest BCUT2D eigenvalue weighted by Crippen LogP contribution is 2.16. The Hall–Kier alpha value is -2.78. The molecule has 0 saturated heterocycles. The zero-order valence-corrected chi connectivity index (χ0v) is 21.0. The largest absolute Gasteiger partial charge is 0.354 e. The van der Waals surface area contributed by atoms with Gasteiger partial charge in [0.25, 0.3) is 0 Å². The molecule has 186 valence electrons. The maximum absolute atomic E-state index is 13.3. The lowest BCUT2D eigenvalue weighted by molar-refractivity contribution is -0.140.